The molecule has 0 radical (unpaired) electrons. The number of hydrogen-bond donors (Lipinski definition) is 1. The molecule has 0 unspecified atom stereocenters. The van der Waals surface area contributed by atoms with E-state index in [0.717, 1.165) is 32.2 Å². The largest absolute Gasteiger partial charge is 0.381 e. The van der Waals surface area contributed by atoms with Crippen LogP contribution < -0.4 is 5.32 Å². The molecule has 1 N–H and O–H groups in total. The molecule has 1 fully saturated rings. The van der Waals surface area contributed by atoms with Gasteiger partial charge in [-0.05, 0) is 44.7 Å². The van der Waals surface area contributed by atoms with Gasteiger partial charge in [-0.25, -0.2) is 0 Å². The van der Waals surface area contributed by atoms with E-state index < -0.39 is 0 Å². The molecule has 2 nitrogen and oxygen atoms in total. The molecule has 0 aliphatic carbocycles. The molecule has 1 aromatic carbocycles. The molecular formula is C15H23NO. The lowest BCUT2D eigenvalue weighted by Gasteiger charge is -2.22. The Morgan fingerprint density at radius 2 is 1.76 bits per heavy atom. The maximum absolute atomic E-state index is 5.37. The summed E-state index contributed by atoms with van der Waals surface area (Å²) in [5.41, 5.74) is 4.11. The highest BCUT2D eigenvalue weighted by Crippen LogP contribution is 2.14. The topological polar surface area (TPSA) is 21.3 Å². The van der Waals surface area contributed by atoms with Gasteiger partial charge in [0.1, 0.15) is 0 Å². The summed E-state index contributed by atoms with van der Waals surface area (Å²) in [4.78, 5) is 0. The minimum atomic E-state index is 0.801. The van der Waals surface area contributed by atoms with Gasteiger partial charge in [-0.3, -0.25) is 0 Å². The van der Waals surface area contributed by atoms with E-state index in [1.54, 1.807) is 0 Å². The molecule has 0 bridgehead atoms. The van der Waals surface area contributed by atoms with Crippen LogP contribution in [0.1, 0.15) is 29.5 Å². The Balaban J connectivity index is 1.77. The lowest BCUT2D eigenvalue weighted by atomic mass is 10.0. The third-order valence-electron chi connectivity index (χ3n) is 3.38. The highest BCUT2D eigenvalue weighted by atomic mass is 16.5. The quantitative estimate of drug-likeness (QED) is 0.863. The fourth-order valence-electron chi connectivity index (χ4n) is 2.54. The van der Waals surface area contributed by atoms with Gasteiger partial charge in [-0.15, -0.1) is 0 Å². The zero-order chi connectivity index (χ0) is 12.1. The molecule has 1 aromatic rings. The molecular weight excluding hydrogens is 210 g/mol. The van der Waals surface area contributed by atoms with E-state index in [4.69, 9.17) is 4.74 Å². The first-order valence-corrected chi connectivity index (χ1v) is 6.59. The summed E-state index contributed by atoms with van der Waals surface area (Å²) in [6, 6.07) is 6.76. The molecule has 2 heteroatoms. The van der Waals surface area contributed by atoms with E-state index in [9.17, 15) is 0 Å². The minimum absolute atomic E-state index is 0.801. The van der Waals surface area contributed by atoms with Crippen LogP contribution in [0.25, 0.3) is 0 Å². The van der Waals surface area contributed by atoms with Gasteiger partial charge >= 0.3 is 0 Å². The van der Waals surface area contributed by atoms with Crippen LogP contribution in [-0.4, -0.2) is 19.8 Å². The fraction of sp³-hybridized carbons (Fsp3) is 0.600. The first-order valence-electron chi connectivity index (χ1n) is 6.59. The standard InChI is InChI=1S/C15H23NO/c1-12-7-13(2)9-15(8-12)11-16-10-14-3-5-17-6-4-14/h7-9,14,16H,3-6,10-11H2,1-2H3. The third-order valence-corrected chi connectivity index (χ3v) is 3.38. The maximum Gasteiger partial charge on any atom is 0.0469 e. The Morgan fingerprint density at radius 3 is 2.41 bits per heavy atom. The molecule has 1 heterocycles. The van der Waals surface area contributed by atoms with E-state index in [0.29, 0.717) is 0 Å². The van der Waals surface area contributed by atoms with Gasteiger partial charge in [0.15, 0.2) is 0 Å². The van der Waals surface area contributed by atoms with Crippen LogP contribution in [-0.2, 0) is 11.3 Å². The molecule has 1 saturated heterocycles. The average molecular weight is 233 g/mol. The summed E-state index contributed by atoms with van der Waals surface area (Å²) < 4.78 is 5.37. The SMILES string of the molecule is Cc1cc(C)cc(CNCC2CCOCC2)c1. The van der Waals surface area contributed by atoms with Crippen molar-refractivity contribution in [2.45, 2.75) is 33.2 Å². The van der Waals surface area contributed by atoms with Gasteiger partial charge in [-0.1, -0.05) is 29.3 Å². The van der Waals surface area contributed by atoms with E-state index in [-0.39, 0.29) is 0 Å². The van der Waals surface area contributed by atoms with E-state index in [1.165, 1.54) is 29.5 Å². The Morgan fingerprint density at radius 1 is 1.12 bits per heavy atom. The summed E-state index contributed by atoms with van der Waals surface area (Å²) in [5.74, 6) is 0.801. The number of benzene rings is 1. The number of aryl methyl sites for hydroxylation is 2. The molecule has 0 saturated carbocycles. The van der Waals surface area contributed by atoms with Crippen LogP contribution >= 0.6 is 0 Å². The highest BCUT2D eigenvalue weighted by molar-refractivity contribution is 5.28. The van der Waals surface area contributed by atoms with Crippen molar-refractivity contribution < 1.29 is 4.74 Å². The second-order valence-electron chi connectivity index (χ2n) is 5.18. The molecule has 0 spiro atoms. The van der Waals surface area contributed by atoms with Crippen LogP contribution in [0.2, 0.25) is 0 Å². The number of nitrogens with one attached hydrogen (secondary N) is 1. The highest BCUT2D eigenvalue weighted by Gasteiger charge is 2.12. The monoisotopic (exact) mass is 233 g/mol. The predicted molar refractivity (Wildman–Crippen MR) is 71.2 cm³/mol. The summed E-state index contributed by atoms with van der Waals surface area (Å²) in [6.45, 7) is 8.31. The van der Waals surface area contributed by atoms with Gasteiger partial charge in [0.05, 0.1) is 0 Å². The zero-order valence-corrected chi connectivity index (χ0v) is 11.0. The molecule has 1 aliphatic rings. The molecule has 0 aromatic heterocycles. The van der Waals surface area contributed by atoms with Crippen molar-refractivity contribution in [3.8, 4) is 0 Å². The number of ether oxygens (including phenoxy) is 1. The van der Waals surface area contributed by atoms with Gasteiger partial charge in [0.2, 0.25) is 0 Å². The maximum atomic E-state index is 5.37. The van der Waals surface area contributed by atoms with E-state index in [2.05, 4.69) is 37.4 Å². The zero-order valence-electron chi connectivity index (χ0n) is 11.0. The fourth-order valence-corrected chi connectivity index (χ4v) is 2.54. The van der Waals surface area contributed by atoms with Crippen molar-refractivity contribution in [2.24, 2.45) is 5.92 Å². The molecule has 2 rings (SSSR count). The van der Waals surface area contributed by atoms with Crippen molar-refractivity contribution in [3.63, 3.8) is 0 Å². The number of hydrogen-bond acceptors (Lipinski definition) is 2. The van der Waals surface area contributed by atoms with Crippen LogP contribution in [0.15, 0.2) is 18.2 Å². The van der Waals surface area contributed by atoms with E-state index in [1.807, 2.05) is 0 Å². The smallest absolute Gasteiger partial charge is 0.0469 e. The average Bonchev–Trinajstić information content (AvgIpc) is 2.29. The normalized spacial score (nSPS) is 17.3. The molecule has 94 valence electrons. The second kappa shape index (κ2) is 6.18. The lowest BCUT2D eigenvalue weighted by molar-refractivity contribution is 0.0662. The first-order chi connectivity index (χ1) is 8.24. The van der Waals surface area contributed by atoms with Gasteiger partial charge in [0.25, 0.3) is 0 Å². The Hall–Kier alpha value is -0.860. The van der Waals surface area contributed by atoms with Crippen molar-refractivity contribution in [1.82, 2.24) is 5.32 Å². The van der Waals surface area contributed by atoms with Crippen molar-refractivity contribution in [1.29, 1.82) is 0 Å². The van der Waals surface area contributed by atoms with Gasteiger partial charge in [0, 0.05) is 19.8 Å². The Bertz CT molecular complexity index is 336. The molecule has 17 heavy (non-hydrogen) atoms. The minimum Gasteiger partial charge on any atom is -0.381 e. The van der Waals surface area contributed by atoms with E-state index >= 15 is 0 Å². The van der Waals surface area contributed by atoms with Crippen molar-refractivity contribution in [2.75, 3.05) is 19.8 Å². The Labute approximate surface area is 104 Å². The summed E-state index contributed by atoms with van der Waals surface area (Å²) in [5, 5.41) is 3.57. The molecule has 0 amide bonds. The van der Waals surface area contributed by atoms with Crippen molar-refractivity contribution in [3.05, 3.63) is 34.9 Å². The van der Waals surface area contributed by atoms with Gasteiger partial charge < -0.3 is 10.1 Å². The summed E-state index contributed by atoms with van der Waals surface area (Å²) >= 11 is 0. The van der Waals surface area contributed by atoms with Crippen LogP contribution in [0.4, 0.5) is 0 Å². The lowest BCUT2D eigenvalue weighted by Crippen LogP contribution is -2.27. The predicted octanol–water partition coefficient (Wildman–Crippen LogP) is 2.82. The summed E-state index contributed by atoms with van der Waals surface area (Å²) in [6.07, 6.45) is 2.42. The third kappa shape index (κ3) is 4.14. The first kappa shape index (κ1) is 12.6. The summed E-state index contributed by atoms with van der Waals surface area (Å²) in [7, 11) is 0. The molecule has 1 aliphatic heterocycles. The van der Waals surface area contributed by atoms with Gasteiger partial charge in [-0.2, -0.15) is 0 Å². The second-order valence-corrected chi connectivity index (χ2v) is 5.18. The molecule has 0 atom stereocenters. The van der Waals surface area contributed by atoms with Crippen molar-refractivity contribution >= 4 is 0 Å². The van der Waals surface area contributed by atoms with Crippen LogP contribution in [0, 0.1) is 19.8 Å². The van der Waals surface area contributed by atoms with Crippen LogP contribution in [0.3, 0.4) is 0 Å². The Kier molecular flexibility index (Phi) is 4.57. The van der Waals surface area contributed by atoms with Crippen LogP contribution in [0.5, 0.6) is 0 Å². The number of rotatable bonds is 4.